The van der Waals surface area contributed by atoms with Gasteiger partial charge in [0.2, 0.25) is 7.44 Å². The van der Waals surface area contributed by atoms with Gasteiger partial charge < -0.3 is 0 Å². The fourth-order valence-electron chi connectivity index (χ4n) is 1.31. The van der Waals surface area contributed by atoms with Crippen LogP contribution in [0.25, 0.3) is 0 Å². The Bertz CT molecular complexity index is 167. The van der Waals surface area contributed by atoms with Crippen LogP contribution in [-0.2, 0) is 4.57 Å². The SMILES string of the molecule is CN1CCCCN(C)P1(C)=O. The molecule has 0 aromatic heterocycles. The predicted octanol–water partition coefficient (Wildman–Crippen LogP) is 1.47. The summed E-state index contributed by atoms with van der Waals surface area (Å²) in [5, 5.41) is 0. The summed E-state index contributed by atoms with van der Waals surface area (Å²) >= 11 is 0. The van der Waals surface area contributed by atoms with Crippen molar-refractivity contribution in [3.05, 3.63) is 0 Å². The van der Waals surface area contributed by atoms with E-state index < -0.39 is 7.44 Å². The molecule has 1 saturated heterocycles. The highest BCUT2D eigenvalue weighted by Crippen LogP contribution is 2.48. The predicted molar refractivity (Wildman–Crippen MR) is 48.0 cm³/mol. The molecule has 1 aliphatic heterocycles. The Hall–Kier alpha value is 0.150. The van der Waals surface area contributed by atoms with E-state index in [0.717, 1.165) is 13.1 Å². The number of rotatable bonds is 0. The maximum Gasteiger partial charge on any atom is 0.213 e. The molecule has 0 N–H and O–H groups in total. The molecule has 1 aliphatic rings. The summed E-state index contributed by atoms with van der Waals surface area (Å²) in [7, 11) is 1.75. The van der Waals surface area contributed by atoms with Crippen molar-refractivity contribution in [1.82, 2.24) is 9.34 Å². The third kappa shape index (κ3) is 1.84. The van der Waals surface area contributed by atoms with E-state index in [-0.39, 0.29) is 0 Å². The van der Waals surface area contributed by atoms with Gasteiger partial charge in [-0.2, -0.15) is 0 Å². The molecule has 0 saturated carbocycles. The van der Waals surface area contributed by atoms with Gasteiger partial charge in [0.15, 0.2) is 0 Å². The Balaban J connectivity index is 2.76. The first-order chi connectivity index (χ1) is 5.05. The minimum Gasteiger partial charge on any atom is -0.289 e. The lowest BCUT2D eigenvalue weighted by atomic mass is 10.3. The highest BCUT2D eigenvalue weighted by atomic mass is 31.2. The average molecular weight is 176 g/mol. The normalized spacial score (nSPS) is 28.3. The molecule has 3 nitrogen and oxygen atoms in total. The van der Waals surface area contributed by atoms with Gasteiger partial charge in [-0.1, -0.05) is 0 Å². The van der Waals surface area contributed by atoms with E-state index >= 15 is 0 Å². The second kappa shape index (κ2) is 3.26. The first-order valence-corrected chi connectivity index (χ1v) is 6.12. The molecule has 4 heteroatoms. The van der Waals surface area contributed by atoms with Gasteiger partial charge in [0.05, 0.1) is 0 Å². The van der Waals surface area contributed by atoms with Gasteiger partial charge in [-0.3, -0.25) is 4.57 Å². The van der Waals surface area contributed by atoms with Crippen molar-refractivity contribution in [2.24, 2.45) is 0 Å². The maximum absolute atomic E-state index is 12.0. The van der Waals surface area contributed by atoms with Crippen LogP contribution in [-0.4, -0.2) is 43.2 Å². The van der Waals surface area contributed by atoms with Gasteiger partial charge in [0.25, 0.3) is 0 Å². The van der Waals surface area contributed by atoms with Crippen molar-refractivity contribution in [2.75, 3.05) is 33.8 Å². The summed E-state index contributed by atoms with van der Waals surface area (Å²) < 4.78 is 15.9. The first-order valence-electron chi connectivity index (χ1n) is 4.06. The van der Waals surface area contributed by atoms with E-state index in [2.05, 4.69) is 0 Å². The Kier molecular flexibility index (Phi) is 2.74. The largest absolute Gasteiger partial charge is 0.289 e. The summed E-state index contributed by atoms with van der Waals surface area (Å²) in [4.78, 5) is 0. The molecule has 1 fully saturated rings. The average Bonchev–Trinajstić information content (AvgIpc) is 2.03. The van der Waals surface area contributed by atoms with E-state index in [1.807, 2.05) is 30.1 Å². The summed E-state index contributed by atoms with van der Waals surface area (Å²) in [6.07, 6.45) is 2.33. The fraction of sp³-hybridized carbons (Fsp3) is 1.00. The van der Waals surface area contributed by atoms with Gasteiger partial charge in [0, 0.05) is 19.8 Å². The van der Waals surface area contributed by atoms with E-state index in [0.29, 0.717) is 0 Å². The minimum absolute atomic E-state index is 0.970. The molecule has 66 valence electrons. The van der Waals surface area contributed by atoms with E-state index in [1.165, 1.54) is 12.8 Å². The summed E-state index contributed by atoms with van der Waals surface area (Å²) in [5.74, 6) is 0. The molecule has 0 aliphatic carbocycles. The molecule has 0 amide bonds. The van der Waals surface area contributed by atoms with Crippen LogP contribution in [0, 0.1) is 0 Å². The van der Waals surface area contributed by atoms with Crippen LogP contribution in [0.1, 0.15) is 12.8 Å². The lowest BCUT2D eigenvalue weighted by Crippen LogP contribution is -2.23. The Morgan fingerprint density at radius 1 is 1.09 bits per heavy atom. The van der Waals surface area contributed by atoms with Crippen molar-refractivity contribution in [3.8, 4) is 0 Å². The van der Waals surface area contributed by atoms with Crippen LogP contribution in [0.15, 0.2) is 0 Å². The Labute approximate surface area is 68.8 Å². The van der Waals surface area contributed by atoms with E-state index in [1.54, 1.807) is 0 Å². The van der Waals surface area contributed by atoms with Crippen LogP contribution in [0.2, 0.25) is 0 Å². The van der Waals surface area contributed by atoms with Crippen LogP contribution in [0.5, 0.6) is 0 Å². The molecule has 0 radical (unpaired) electrons. The molecule has 11 heavy (non-hydrogen) atoms. The van der Waals surface area contributed by atoms with Gasteiger partial charge in [-0.05, 0) is 26.9 Å². The van der Waals surface area contributed by atoms with E-state index in [4.69, 9.17) is 0 Å². The number of hydrogen-bond donors (Lipinski definition) is 0. The number of nitrogens with zero attached hydrogens (tertiary/aromatic N) is 2. The zero-order valence-electron chi connectivity index (χ0n) is 7.58. The van der Waals surface area contributed by atoms with E-state index in [9.17, 15) is 4.57 Å². The molecule has 0 unspecified atom stereocenters. The third-order valence-electron chi connectivity index (χ3n) is 2.48. The molecule has 1 heterocycles. The summed E-state index contributed by atoms with van der Waals surface area (Å²) in [6, 6.07) is 0. The van der Waals surface area contributed by atoms with Crippen LogP contribution in [0.4, 0.5) is 0 Å². The second-order valence-electron chi connectivity index (χ2n) is 3.30. The first kappa shape index (κ1) is 9.24. The molecule has 0 atom stereocenters. The molecule has 0 aromatic rings. The van der Waals surface area contributed by atoms with Crippen molar-refractivity contribution in [1.29, 1.82) is 0 Å². The van der Waals surface area contributed by atoms with Crippen molar-refractivity contribution in [2.45, 2.75) is 12.8 Å². The van der Waals surface area contributed by atoms with Crippen molar-refractivity contribution >= 4 is 7.44 Å². The molecule has 0 spiro atoms. The highest BCUT2D eigenvalue weighted by Gasteiger charge is 2.28. The van der Waals surface area contributed by atoms with Gasteiger partial charge in [-0.25, -0.2) is 9.34 Å². The Morgan fingerprint density at radius 2 is 1.45 bits per heavy atom. The van der Waals surface area contributed by atoms with Crippen molar-refractivity contribution in [3.63, 3.8) is 0 Å². The van der Waals surface area contributed by atoms with Gasteiger partial charge in [-0.15, -0.1) is 0 Å². The number of hydrogen-bond acceptors (Lipinski definition) is 1. The molecular weight excluding hydrogens is 159 g/mol. The van der Waals surface area contributed by atoms with Gasteiger partial charge in [0.1, 0.15) is 0 Å². The monoisotopic (exact) mass is 176 g/mol. The topological polar surface area (TPSA) is 23.6 Å². The fourth-order valence-corrected chi connectivity index (χ4v) is 2.86. The maximum atomic E-state index is 12.0. The lowest BCUT2D eigenvalue weighted by molar-refractivity contribution is 0.427. The molecule has 0 aromatic carbocycles. The second-order valence-corrected chi connectivity index (χ2v) is 6.34. The Morgan fingerprint density at radius 3 is 1.82 bits per heavy atom. The lowest BCUT2D eigenvalue weighted by Gasteiger charge is -2.29. The zero-order valence-corrected chi connectivity index (χ0v) is 8.47. The standard InChI is InChI=1S/C7H17N2OP/c1-8-6-4-5-7-9(2)11(8,3)10/h4-7H2,1-3H3. The highest BCUT2D eigenvalue weighted by molar-refractivity contribution is 7.58. The third-order valence-corrected chi connectivity index (χ3v) is 5.41. The smallest absolute Gasteiger partial charge is 0.213 e. The zero-order chi connectivity index (χ0) is 8.48. The van der Waals surface area contributed by atoms with Crippen LogP contribution >= 0.6 is 7.44 Å². The summed E-state index contributed by atoms with van der Waals surface area (Å²) in [5.41, 5.74) is 0. The van der Waals surface area contributed by atoms with Crippen LogP contribution < -0.4 is 0 Å². The van der Waals surface area contributed by atoms with Crippen molar-refractivity contribution < 1.29 is 4.57 Å². The minimum atomic E-state index is -2.15. The van der Waals surface area contributed by atoms with Gasteiger partial charge >= 0.3 is 0 Å². The van der Waals surface area contributed by atoms with Crippen LogP contribution in [0.3, 0.4) is 0 Å². The quantitative estimate of drug-likeness (QED) is 0.522. The molecule has 0 bridgehead atoms. The molecule has 1 rings (SSSR count). The molecular formula is C7H17N2OP. The summed E-state index contributed by atoms with van der Waals surface area (Å²) in [6.45, 7) is 3.79.